The van der Waals surface area contributed by atoms with Gasteiger partial charge in [0.2, 0.25) is 0 Å². The number of fused-ring (bicyclic) bond motifs is 1. The van der Waals surface area contributed by atoms with Crippen molar-refractivity contribution in [2.24, 2.45) is 0 Å². The predicted molar refractivity (Wildman–Crippen MR) is 76.0 cm³/mol. The van der Waals surface area contributed by atoms with Crippen molar-refractivity contribution in [3.8, 4) is 0 Å². The number of nitrogens with zero attached hydrogens (tertiary/aromatic N) is 2. The van der Waals surface area contributed by atoms with E-state index < -0.39 is 0 Å². The molecule has 1 heterocycles. The highest BCUT2D eigenvalue weighted by atomic mass is 16.2. The van der Waals surface area contributed by atoms with Crippen LogP contribution < -0.4 is 0 Å². The Balaban J connectivity index is 0.000000771. The Morgan fingerprint density at radius 2 is 1.89 bits per heavy atom. The molecule has 1 aliphatic rings. The highest BCUT2D eigenvalue weighted by Crippen LogP contribution is 2.18. The lowest BCUT2D eigenvalue weighted by Gasteiger charge is -2.29. The Hall–Kier alpha value is -1.35. The van der Waals surface area contributed by atoms with E-state index >= 15 is 0 Å². The van der Waals surface area contributed by atoms with Gasteiger partial charge in [-0.15, -0.1) is 0 Å². The Morgan fingerprint density at radius 3 is 2.56 bits per heavy atom. The molecular weight excluding hydrogens is 224 g/mol. The van der Waals surface area contributed by atoms with Crippen molar-refractivity contribution in [1.82, 2.24) is 9.80 Å². The van der Waals surface area contributed by atoms with E-state index in [2.05, 4.69) is 11.0 Å². The highest BCUT2D eigenvalue weighted by Gasteiger charge is 2.23. The molecule has 0 spiro atoms. The summed E-state index contributed by atoms with van der Waals surface area (Å²) in [4.78, 5) is 16.2. The van der Waals surface area contributed by atoms with E-state index in [1.165, 1.54) is 5.56 Å². The van der Waals surface area contributed by atoms with Crippen molar-refractivity contribution in [3.63, 3.8) is 0 Å². The number of hydrogen-bond acceptors (Lipinski definition) is 2. The fraction of sp³-hybridized carbons (Fsp3) is 0.533. The third-order valence-electron chi connectivity index (χ3n) is 3.00. The van der Waals surface area contributed by atoms with Crippen molar-refractivity contribution < 1.29 is 4.79 Å². The first kappa shape index (κ1) is 14.7. The smallest absolute Gasteiger partial charge is 0.254 e. The molecule has 0 aromatic heterocycles. The highest BCUT2D eigenvalue weighted by molar-refractivity contribution is 5.96. The maximum atomic E-state index is 12.1. The van der Waals surface area contributed by atoms with Gasteiger partial charge in [0.1, 0.15) is 0 Å². The third-order valence-corrected chi connectivity index (χ3v) is 3.00. The number of carbonyl (C=O) groups is 1. The molecule has 0 N–H and O–H groups in total. The third kappa shape index (κ3) is 3.57. The van der Waals surface area contributed by atoms with Gasteiger partial charge in [-0.3, -0.25) is 4.79 Å². The van der Waals surface area contributed by atoms with Gasteiger partial charge in [0.25, 0.3) is 5.91 Å². The van der Waals surface area contributed by atoms with Crippen LogP contribution in [0.5, 0.6) is 0 Å². The topological polar surface area (TPSA) is 23.6 Å². The van der Waals surface area contributed by atoms with E-state index in [0.29, 0.717) is 0 Å². The Kier molecular flexibility index (Phi) is 5.86. The zero-order valence-electron chi connectivity index (χ0n) is 11.9. The minimum Gasteiger partial charge on any atom is -0.337 e. The molecule has 0 saturated heterocycles. The van der Waals surface area contributed by atoms with Gasteiger partial charge >= 0.3 is 0 Å². The summed E-state index contributed by atoms with van der Waals surface area (Å²) in [7, 11) is 4.06. The molecule has 100 valence electrons. The Morgan fingerprint density at radius 1 is 1.22 bits per heavy atom. The van der Waals surface area contributed by atoms with Gasteiger partial charge in [-0.05, 0) is 32.1 Å². The molecule has 1 amide bonds. The molecule has 0 aliphatic carbocycles. The average molecular weight is 248 g/mol. The summed E-state index contributed by atoms with van der Waals surface area (Å²) >= 11 is 0. The van der Waals surface area contributed by atoms with E-state index in [-0.39, 0.29) is 5.91 Å². The number of likely N-dealkylation sites (N-methyl/N-ethyl adjacent to an activating group) is 1. The number of rotatable bonds is 3. The van der Waals surface area contributed by atoms with Gasteiger partial charge in [-0.2, -0.15) is 0 Å². The average Bonchev–Trinajstić information content (AvgIpc) is 2.40. The summed E-state index contributed by atoms with van der Waals surface area (Å²) in [6, 6.07) is 7.92. The van der Waals surface area contributed by atoms with Crippen LogP contribution in [0.1, 0.15) is 29.8 Å². The SMILES string of the molecule is CC.CN(C)CCN1CCc2ccccc2C1=O. The van der Waals surface area contributed by atoms with Gasteiger partial charge in [0.15, 0.2) is 0 Å². The minimum atomic E-state index is 0.184. The fourth-order valence-electron chi connectivity index (χ4n) is 2.01. The summed E-state index contributed by atoms with van der Waals surface area (Å²) in [5, 5.41) is 0. The van der Waals surface area contributed by atoms with Crippen molar-refractivity contribution in [3.05, 3.63) is 35.4 Å². The van der Waals surface area contributed by atoms with E-state index in [0.717, 1.165) is 31.6 Å². The second-order valence-electron chi connectivity index (χ2n) is 4.50. The molecule has 0 bridgehead atoms. The predicted octanol–water partition coefficient (Wildman–Crippen LogP) is 2.27. The monoisotopic (exact) mass is 248 g/mol. The van der Waals surface area contributed by atoms with Crippen molar-refractivity contribution in [2.75, 3.05) is 33.7 Å². The molecular formula is C15H24N2O. The van der Waals surface area contributed by atoms with E-state index in [1.54, 1.807) is 0 Å². The quantitative estimate of drug-likeness (QED) is 0.819. The first-order chi connectivity index (χ1) is 8.68. The van der Waals surface area contributed by atoms with E-state index in [1.807, 2.05) is 51.0 Å². The largest absolute Gasteiger partial charge is 0.337 e. The molecule has 0 fully saturated rings. The van der Waals surface area contributed by atoms with Gasteiger partial charge in [-0.1, -0.05) is 32.0 Å². The standard InChI is InChI=1S/C13H18N2O.C2H6/c1-14(2)9-10-15-8-7-11-5-3-4-6-12(11)13(15)16;1-2/h3-6H,7-10H2,1-2H3;1-2H3. The fourth-order valence-corrected chi connectivity index (χ4v) is 2.01. The van der Waals surface area contributed by atoms with Gasteiger partial charge in [-0.25, -0.2) is 0 Å². The van der Waals surface area contributed by atoms with Crippen molar-refractivity contribution in [1.29, 1.82) is 0 Å². The second kappa shape index (κ2) is 7.17. The van der Waals surface area contributed by atoms with Crippen LogP contribution in [0.25, 0.3) is 0 Å². The van der Waals surface area contributed by atoms with Crippen molar-refractivity contribution in [2.45, 2.75) is 20.3 Å². The second-order valence-corrected chi connectivity index (χ2v) is 4.50. The molecule has 1 aromatic rings. The lowest BCUT2D eigenvalue weighted by molar-refractivity contribution is 0.0729. The molecule has 1 aliphatic heterocycles. The molecule has 2 rings (SSSR count). The summed E-state index contributed by atoms with van der Waals surface area (Å²) in [5.74, 6) is 0.184. The number of carbonyl (C=O) groups excluding carboxylic acids is 1. The summed E-state index contributed by atoms with van der Waals surface area (Å²) in [6.45, 7) is 6.60. The van der Waals surface area contributed by atoms with Crippen LogP contribution in [0.15, 0.2) is 24.3 Å². The van der Waals surface area contributed by atoms with Crippen LogP contribution in [0.3, 0.4) is 0 Å². The molecule has 0 saturated carbocycles. The molecule has 0 atom stereocenters. The van der Waals surface area contributed by atoms with E-state index in [4.69, 9.17) is 0 Å². The van der Waals surface area contributed by atoms with Crippen LogP contribution in [0.4, 0.5) is 0 Å². The van der Waals surface area contributed by atoms with Crippen LogP contribution in [-0.2, 0) is 6.42 Å². The molecule has 1 aromatic carbocycles. The van der Waals surface area contributed by atoms with Crippen LogP contribution in [0, 0.1) is 0 Å². The van der Waals surface area contributed by atoms with Gasteiger partial charge < -0.3 is 9.80 Å². The molecule has 0 radical (unpaired) electrons. The summed E-state index contributed by atoms with van der Waals surface area (Å²) in [6.07, 6.45) is 0.981. The molecule has 3 nitrogen and oxygen atoms in total. The molecule has 3 heteroatoms. The first-order valence-electron chi connectivity index (χ1n) is 6.70. The van der Waals surface area contributed by atoms with Gasteiger partial charge in [0, 0.05) is 25.2 Å². The Labute approximate surface area is 110 Å². The lowest BCUT2D eigenvalue weighted by atomic mass is 9.99. The minimum absolute atomic E-state index is 0.184. The molecule has 18 heavy (non-hydrogen) atoms. The van der Waals surface area contributed by atoms with Crippen LogP contribution in [-0.4, -0.2) is 49.4 Å². The normalized spacial score (nSPS) is 14.1. The zero-order valence-corrected chi connectivity index (χ0v) is 11.9. The Bertz CT molecular complexity index is 388. The maximum absolute atomic E-state index is 12.1. The summed E-state index contributed by atoms with van der Waals surface area (Å²) < 4.78 is 0. The number of benzene rings is 1. The zero-order chi connectivity index (χ0) is 13.5. The maximum Gasteiger partial charge on any atom is 0.254 e. The van der Waals surface area contributed by atoms with Crippen LogP contribution >= 0.6 is 0 Å². The molecule has 0 unspecified atom stereocenters. The lowest BCUT2D eigenvalue weighted by Crippen LogP contribution is -2.41. The number of amides is 1. The van der Waals surface area contributed by atoms with E-state index in [9.17, 15) is 4.79 Å². The number of hydrogen-bond donors (Lipinski definition) is 0. The summed E-state index contributed by atoms with van der Waals surface area (Å²) in [5.41, 5.74) is 2.07. The van der Waals surface area contributed by atoms with Gasteiger partial charge in [0.05, 0.1) is 0 Å². The van der Waals surface area contributed by atoms with Crippen molar-refractivity contribution >= 4 is 5.91 Å². The first-order valence-corrected chi connectivity index (χ1v) is 6.70. The van der Waals surface area contributed by atoms with Crippen LogP contribution in [0.2, 0.25) is 0 Å².